The average molecular weight is 336 g/mol. The van der Waals surface area contributed by atoms with Gasteiger partial charge in [-0.3, -0.25) is 0 Å². The summed E-state index contributed by atoms with van der Waals surface area (Å²) in [5.74, 6) is -0.335. The number of hydrogen-bond donors (Lipinski definition) is 2. The van der Waals surface area contributed by atoms with Gasteiger partial charge in [0, 0.05) is 6.42 Å². The van der Waals surface area contributed by atoms with E-state index in [9.17, 15) is 9.90 Å². The molecule has 0 radical (unpaired) electrons. The van der Waals surface area contributed by atoms with Crippen molar-refractivity contribution in [1.29, 1.82) is 0 Å². The lowest BCUT2D eigenvalue weighted by molar-refractivity contribution is -0.928. The predicted molar refractivity (Wildman–Crippen MR) is 82.4 cm³/mol. The Kier molecular flexibility index (Phi) is 4.51. The van der Waals surface area contributed by atoms with Gasteiger partial charge in [-0.05, 0) is 34.8 Å². The highest BCUT2D eigenvalue weighted by Gasteiger charge is 2.41. The molecule has 1 aromatic heterocycles. The maximum absolute atomic E-state index is 11.8. The molecule has 1 aliphatic rings. The van der Waals surface area contributed by atoms with E-state index in [-0.39, 0.29) is 5.97 Å². The molecular formula is C14H18N5O3S+. The van der Waals surface area contributed by atoms with Crippen LogP contribution in [-0.4, -0.2) is 56.7 Å². The van der Waals surface area contributed by atoms with Crippen LogP contribution in [0.3, 0.4) is 0 Å². The van der Waals surface area contributed by atoms with Crippen molar-refractivity contribution in [2.45, 2.75) is 25.2 Å². The van der Waals surface area contributed by atoms with Gasteiger partial charge in [-0.2, -0.15) is 9.36 Å². The molecule has 8 nitrogen and oxygen atoms in total. The lowest BCUT2D eigenvalue weighted by Gasteiger charge is -2.18. The highest BCUT2D eigenvalue weighted by Crippen LogP contribution is 2.06. The molecule has 3 atom stereocenters. The molecule has 23 heavy (non-hydrogen) atoms. The van der Waals surface area contributed by atoms with Crippen LogP contribution in [0.25, 0.3) is 5.69 Å². The number of carbonyl (C=O) groups is 1. The number of hydrogen-bond acceptors (Lipinski definition) is 6. The van der Waals surface area contributed by atoms with Crippen molar-refractivity contribution < 1.29 is 19.5 Å². The second-order valence-corrected chi connectivity index (χ2v) is 5.86. The molecule has 0 saturated carbocycles. The van der Waals surface area contributed by atoms with Crippen molar-refractivity contribution in [1.82, 2.24) is 19.8 Å². The second-order valence-electron chi connectivity index (χ2n) is 5.49. The van der Waals surface area contributed by atoms with Gasteiger partial charge in [-0.15, -0.1) is 0 Å². The summed E-state index contributed by atoms with van der Waals surface area (Å²) in [6, 6.07) is 9.06. The quantitative estimate of drug-likeness (QED) is 0.547. The predicted octanol–water partition coefficient (Wildman–Crippen LogP) is -1.05. The van der Waals surface area contributed by atoms with Crippen LogP contribution < -0.4 is 4.90 Å². The Labute approximate surface area is 137 Å². The topological polar surface area (TPSA) is 86.6 Å². The third kappa shape index (κ3) is 3.16. The van der Waals surface area contributed by atoms with Crippen molar-refractivity contribution in [3.8, 4) is 5.69 Å². The highest BCUT2D eigenvalue weighted by molar-refractivity contribution is 7.71. The minimum atomic E-state index is -0.535. The van der Waals surface area contributed by atoms with Crippen LogP contribution >= 0.6 is 12.2 Å². The molecule has 3 rings (SSSR count). The van der Waals surface area contributed by atoms with Crippen LogP contribution in [-0.2, 0) is 16.2 Å². The maximum atomic E-state index is 11.8. The molecule has 1 unspecified atom stereocenters. The van der Waals surface area contributed by atoms with E-state index in [4.69, 9.17) is 17.0 Å². The van der Waals surface area contributed by atoms with Crippen molar-refractivity contribution in [3.05, 3.63) is 35.1 Å². The molecule has 2 aromatic rings. The Hall–Kier alpha value is -2.10. The summed E-state index contributed by atoms with van der Waals surface area (Å²) in [7, 11) is 1.35. The van der Waals surface area contributed by atoms with Crippen LogP contribution in [0.15, 0.2) is 30.3 Å². The molecule has 1 saturated heterocycles. The Balaban J connectivity index is 1.82. The number of likely N-dealkylation sites (tertiary alicyclic amines) is 1. The summed E-state index contributed by atoms with van der Waals surface area (Å²) >= 11 is 5.41. The average Bonchev–Trinajstić information content (AvgIpc) is 3.11. The molecule has 1 aromatic carbocycles. The smallest absolute Gasteiger partial charge is 0.364 e. The largest absolute Gasteiger partial charge is 0.465 e. The van der Waals surface area contributed by atoms with E-state index in [0.29, 0.717) is 24.4 Å². The number of aromatic nitrogens is 4. The molecule has 1 fully saturated rings. The van der Waals surface area contributed by atoms with E-state index >= 15 is 0 Å². The first-order chi connectivity index (χ1) is 11.1. The Morgan fingerprint density at radius 2 is 2.17 bits per heavy atom. The first-order valence-electron chi connectivity index (χ1n) is 7.29. The van der Waals surface area contributed by atoms with Gasteiger partial charge in [0.2, 0.25) is 4.77 Å². The summed E-state index contributed by atoms with van der Waals surface area (Å²) in [6.45, 7) is 0.794. The lowest BCUT2D eigenvalue weighted by Crippen LogP contribution is -3.14. The van der Waals surface area contributed by atoms with Gasteiger partial charge >= 0.3 is 5.97 Å². The first kappa shape index (κ1) is 15.8. The van der Waals surface area contributed by atoms with Gasteiger partial charge in [0.05, 0.1) is 12.8 Å². The third-order valence-electron chi connectivity index (χ3n) is 3.98. The fourth-order valence-electron chi connectivity index (χ4n) is 2.84. The number of methoxy groups -OCH3 is 1. The number of aliphatic hydroxyl groups is 1. The van der Waals surface area contributed by atoms with Gasteiger partial charge in [0.1, 0.15) is 12.6 Å². The van der Waals surface area contributed by atoms with Gasteiger partial charge in [-0.25, -0.2) is 4.79 Å². The number of nitrogens with one attached hydrogen (secondary N) is 1. The summed E-state index contributed by atoms with van der Waals surface area (Å²) in [5, 5.41) is 18.0. The lowest BCUT2D eigenvalue weighted by atomic mass is 10.2. The number of ether oxygens (including phenoxy) is 1. The minimum absolute atomic E-state index is 0.335. The zero-order chi connectivity index (χ0) is 16.4. The molecule has 0 spiro atoms. The molecule has 9 heteroatoms. The molecule has 0 aliphatic carbocycles. The maximum Gasteiger partial charge on any atom is 0.364 e. The molecule has 0 bridgehead atoms. The van der Waals surface area contributed by atoms with Crippen molar-refractivity contribution >= 4 is 18.2 Å². The van der Waals surface area contributed by atoms with Crippen LogP contribution in [0, 0.1) is 4.77 Å². The van der Waals surface area contributed by atoms with E-state index in [1.165, 1.54) is 7.11 Å². The Bertz CT molecular complexity index is 744. The van der Waals surface area contributed by atoms with Crippen LogP contribution in [0.4, 0.5) is 0 Å². The third-order valence-corrected chi connectivity index (χ3v) is 4.36. The number of quaternary nitrogens is 1. The molecule has 122 valence electrons. The number of benzene rings is 1. The monoisotopic (exact) mass is 336 g/mol. The zero-order valence-corrected chi connectivity index (χ0v) is 13.4. The molecule has 1 aliphatic heterocycles. The first-order valence-corrected chi connectivity index (χ1v) is 7.69. The highest BCUT2D eigenvalue weighted by atomic mass is 32.1. The van der Waals surface area contributed by atoms with Crippen molar-refractivity contribution in [3.63, 3.8) is 0 Å². The SMILES string of the molecule is COC(=O)[C@@H]1C[C@H](O)C[NH+]1Cn1nnn(-c2ccccc2)c1=S. The minimum Gasteiger partial charge on any atom is -0.465 e. The van der Waals surface area contributed by atoms with Gasteiger partial charge in [0.15, 0.2) is 12.7 Å². The standard InChI is InChI=1S/C14H17N5O3S/c1-22-13(21)12-7-11(20)8-17(12)9-18-14(23)19(16-15-18)10-5-3-2-4-6-10/h2-6,11-12,20H,7-9H2,1H3/p+1/t11-,12-/m0/s1. The van der Waals surface area contributed by atoms with E-state index in [1.54, 1.807) is 9.36 Å². The number of esters is 1. The van der Waals surface area contributed by atoms with E-state index in [1.807, 2.05) is 30.3 Å². The number of carbonyl (C=O) groups excluding carboxylic acids is 1. The van der Waals surface area contributed by atoms with Gasteiger partial charge in [-0.1, -0.05) is 18.2 Å². The number of tetrazole rings is 1. The second kappa shape index (κ2) is 6.57. The number of para-hydroxylation sites is 1. The Morgan fingerprint density at radius 3 is 2.87 bits per heavy atom. The number of nitrogens with zero attached hydrogens (tertiary/aromatic N) is 4. The summed E-state index contributed by atoms with van der Waals surface area (Å²) in [4.78, 5) is 12.7. The van der Waals surface area contributed by atoms with Crippen LogP contribution in [0.5, 0.6) is 0 Å². The van der Waals surface area contributed by atoms with E-state index < -0.39 is 12.1 Å². The Morgan fingerprint density at radius 1 is 1.43 bits per heavy atom. The van der Waals surface area contributed by atoms with Gasteiger partial charge < -0.3 is 14.7 Å². The normalized spacial score (nSPS) is 23.8. The van der Waals surface area contributed by atoms with Gasteiger partial charge in [0.25, 0.3) is 0 Å². The summed E-state index contributed by atoms with van der Waals surface area (Å²) in [5.41, 5.74) is 0.824. The van der Waals surface area contributed by atoms with Crippen molar-refractivity contribution in [2.75, 3.05) is 13.7 Å². The number of rotatable bonds is 4. The summed E-state index contributed by atoms with van der Waals surface area (Å²) in [6.07, 6.45) is -0.158. The van der Waals surface area contributed by atoms with E-state index in [0.717, 1.165) is 10.6 Å². The molecule has 2 N–H and O–H groups in total. The fraction of sp³-hybridized carbons (Fsp3) is 0.429. The summed E-state index contributed by atoms with van der Waals surface area (Å²) < 4.78 is 8.37. The van der Waals surface area contributed by atoms with E-state index in [2.05, 4.69) is 10.4 Å². The van der Waals surface area contributed by atoms with Crippen LogP contribution in [0.2, 0.25) is 0 Å². The number of aliphatic hydroxyl groups excluding tert-OH is 1. The zero-order valence-electron chi connectivity index (χ0n) is 12.6. The fourth-order valence-corrected chi connectivity index (χ4v) is 3.09. The molecule has 0 amide bonds. The molecule has 2 heterocycles. The van der Waals surface area contributed by atoms with Crippen LogP contribution in [0.1, 0.15) is 6.42 Å². The molecular weight excluding hydrogens is 318 g/mol. The van der Waals surface area contributed by atoms with Crippen molar-refractivity contribution in [2.24, 2.45) is 0 Å².